The summed E-state index contributed by atoms with van der Waals surface area (Å²) >= 11 is 0. The Morgan fingerprint density at radius 1 is 0.944 bits per heavy atom. The Morgan fingerprint density at radius 3 is 2.46 bits per heavy atom. The highest BCUT2D eigenvalue weighted by atomic mass is 32.2. The standard InChI is InChI=1S/C56H67N7O8S/c1-38-9-6-12-49(50(64)31-38)63-36-48-47(55(63)66)23-19-43(53(48)71-37-42-15-13-41(14-16-42)35-62-26-29-69-30-27-62)20-24-52(65)57-25-8-28-70-45-21-17-40(18-22-45)32-51-58-34-39(2)54(60-51)59-44-10-7-11-46(33-44)72(67,68)61-56(3,4)5/h7,10-11,13-19,21-23,33-34,49,61H,1,6,8-9,12,20,24-32,35-37H2,2-5H3,(H,57,65)(H,58,59,60)/t49-/m0/s1. The van der Waals surface area contributed by atoms with Crippen molar-refractivity contribution in [3.63, 3.8) is 0 Å². The van der Waals surface area contributed by atoms with Gasteiger partial charge >= 0.3 is 0 Å². The van der Waals surface area contributed by atoms with Crippen LogP contribution in [-0.4, -0.2) is 96.8 Å². The number of ketones is 1. The maximum atomic E-state index is 13.9. The molecule has 16 heteroatoms. The van der Waals surface area contributed by atoms with Crippen molar-refractivity contribution < 1.29 is 37.0 Å². The second-order valence-corrected chi connectivity index (χ2v) is 21.7. The van der Waals surface area contributed by atoms with Gasteiger partial charge in [-0.2, -0.15) is 0 Å². The lowest BCUT2D eigenvalue weighted by Gasteiger charge is -2.26. The fraction of sp³-hybridized carbons (Fsp3) is 0.411. The Labute approximate surface area is 423 Å². The van der Waals surface area contributed by atoms with Gasteiger partial charge < -0.3 is 29.7 Å². The molecule has 1 aliphatic carbocycles. The first kappa shape index (κ1) is 51.9. The number of nitrogens with one attached hydrogen (secondary N) is 3. The number of anilines is 2. The summed E-state index contributed by atoms with van der Waals surface area (Å²) in [5, 5.41) is 6.29. The van der Waals surface area contributed by atoms with Crippen LogP contribution in [0.4, 0.5) is 11.5 Å². The van der Waals surface area contributed by atoms with Gasteiger partial charge in [-0.15, -0.1) is 0 Å². The number of sulfonamides is 1. The van der Waals surface area contributed by atoms with E-state index < -0.39 is 21.6 Å². The number of benzene rings is 4. The van der Waals surface area contributed by atoms with Gasteiger partial charge in [-0.25, -0.2) is 23.1 Å². The maximum absolute atomic E-state index is 13.9. The summed E-state index contributed by atoms with van der Waals surface area (Å²) in [7, 11) is -3.71. The Hall–Kier alpha value is -6.46. The number of nitrogens with zero attached hydrogens (tertiary/aromatic N) is 4. The minimum Gasteiger partial charge on any atom is -0.494 e. The van der Waals surface area contributed by atoms with E-state index in [0.29, 0.717) is 73.2 Å². The lowest BCUT2D eigenvalue weighted by Crippen LogP contribution is -2.40. The van der Waals surface area contributed by atoms with Crippen molar-refractivity contribution in [3.8, 4) is 11.5 Å². The van der Waals surface area contributed by atoms with Gasteiger partial charge in [-0.05, 0) is 118 Å². The van der Waals surface area contributed by atoms with E-state index >= 15 is 0 Å². The number of rotatable bonds is 20. The molecule has 3 aliphatic rings. The molecule has 1 aromatic heterocycles. The molecule has 2 fully saturated rings. The van der Waals surface area contributed by atoms with E-state index in [4.69, 9.17) is 19.2 Å². The van der Waals surface area contributed by atoms with E-state index in [-0.39, 0.29) is 48.5 Å². The summed E-state index contributed by atoms with van der Waals surface area (Å²) < 4.78 is 46.7. The quantitative estimate of drug-likeness (QED) is 0.0388. The Kier molecular flexibility index (Phi) is 16.9. The number of hydrogen-bond donors (Lipinski definition) is 3. The predicted octanol–water partition coefficient (Wildman–Crippen LogP) is 8.15. The summed E-state index contributed by atoms with van der Waals surface area (Å²) in [5.41, 5.74) is 7.04. The number of morpholine rings is 1. The summed E-state index contributed by atoms with van der Waals surface area (Å²) in [5.74, 6) is 2.25. The van der Waals surface area contributed by atoms with Gasteiger partial charge in [-0.1, -0.05) is 60.7 Å². The zero-order valence-corrected chi connectivity index (χ0v) is 42.7. The molecule has 5 aromatic rings. The first-order chi connectivity index (χ1) is 34.6. The molecule has 3 heterocycles. The van der Waals surface area contributed by atoms with Gasteiger partial charge in [-0.3, -0.25) is 19.3 Å². The van der Waals surface area contributed by atoms with Crippen LogP contribution in [-0.2, 0) is 56.9 Å². The van der Waals surface area contributed by atoms with Crippen LogP contribution in [0.2, 0.25) is 0 Å². The van der Waals surface area contributed by atoms with Crippen LogP contribution in [0.3, 0.4) is 0 Å². The topological polar surface area (TPSA) is 181 Å². The zero-order chi connectivity index (χ0) is 50.8. The third-order valence-electron chi connectivity index (χ3n) is 12.9. The van der Waals surface area contributed by atoms with Gasteiger partial charge in [0.25, 0.3) is 5.91 Å². The number of Topliss-reactive ketones (excluding diaryl/α,β-unsaturated/α-hetero) is 1. The normalized spacial score (nSPS) is 16.6. The van der Waals surface area contributed by atoms with Crippen LogP contribution >= 0.6 is 0 Å². The Bertz CT molecular complexity index is 2860. The van der Waals surface area contributed by atoms with Crippen LogP contribution in [0.15, 0.2) is 108 Å². The first-order valence-corrected chi connectivity index (χ1v) is 26.4. The number of ether oxygens (including phenoxy) is 3. The fourth-order valence-corrected chi connectivity index (χ4v) is 10.7. The summed E-state index contributed by atoms with van der Waals surface area (Å²) in [6.45, 7) is 16.9. The molecule has 8 rings (SSSR count). The van der Waals surface area contributed by atoms with Crippen LogP contribution in [0.1, 0.15) is 109 Å². The Morgan fingerprint density at radius 2 is 1.69 bits per heavy atom. The summed E-state index contributed by atoms with van der Waals surface area (Å²) in [6.07, 6.45) is 5.94. The van der Waals surface area contributed by atoms with Crippen molar-refractivity contribution in [2.75, 3.05) is 44.8 Å². The summed E-state index contributed by atoms with van der Waals surface area (Å²) in [6, 6.07) is 26.0. The molecule has 0 unspecified atom stereocenters. The number of fused-ring (bicyclic) bond motifs is 1. The van der Waals surface area contributed by atoms with Crippen LogP contribution < -0.4 is 24.8 Å². The van der Waals surface area contributed by atoms with Crippen molar-refractivity contribution in [1.29, 1.82) is 0 Å². The van der Waals surface area contributed by atoms with E-state index in [9.17, 15) is 22.8 Å². The van der Waals surface area contributed by atoms with Gasteiger partial charge in [0, 0.05) is 79.6 Å². The number of aryl methyl sites for hydroxylation is 2. The lowest BCUT2D eigenvalue weighted by molar-refractivity contribution is -0.123. The minimum atomic E-state index is -3.71. The molecule has 15 nitrogen and oxygen atoms in total. The molecule has 1 saturated heterocycles. The monoisotopic (exact) mass is 997 g/mol. The SMILES string of the molecule is C=C1CCC[C@H](N2Cc3c(ccc(CCC(=O)NCCCOc4ccc(Cc5ncc(C)c(Nc6cccc(S(=O)(=O)NC(C)(C)C)c6)n5)cc4)c3OCc3ccc(CN4CCOCC4)cc3)C2=O)C(=O)C1. The molecule has 1 atom stereocenters. The number of amides is 2. The molecule has 2 amide bonds. The molecule has 4 aromatic carbocycles. The van der Waals surface area contributed by atoms with E-state index in [0.717, 1.165) is 79.1 Å². The van der Waals surface area contributed by atoms with Gasteiger partial charge in [0.05, 0.1) is 37.3 Å². The number of carbonyl (C=O) groups excluding carboxylic acids is 3. The Balaban J connectivity index is 0.823. The molecule has 3 N–H and O–H groups in total. The second kappa shape index (κ2) is 23.4. The van der Waals surface area contributed by atoms with E-state index in [1.54, 1.807) is 56.1 Å². The maximum Gasteiger partial charge on any atom is 0.255 e. The average molecular weight is 998 g/mol. The highest BCUT2D eigenvalue weighted by Gasteiger charge is 2.39. The molecule has 72 heavy (non-hydrogen) atoms. The number of allylic oxidation sites excluding steroid dienone is 1. The molecule has 0 radical (unpaired) electrons. The molecule has 1 saturated carbocycles. The van der Waals surface area contributed by atoms with Crippen molar-refractivity contribution >= 4 is 39.1 Å². The molecular formula is C56H67N7O8S. The molecule has 0 spiro atoms. The van der Waals surface area contributed by atoms with Crippen LogP contribution in [0.25, 0.3) is 0 Å². The second-order valence-electron chi connectivity index (χ2n) is 20.0. The van der Waals surface area contributed by atoms with Crippen molar-refractivity contribution in [3.05, 3.63) is 148 Å². The number of aromatic nitrogens is 2. The van der Waals surface area contributed by atoms with Crippen LogP contribution in [0.5, 0.6) is 11.5 Å². The third kappa shape index (κ3) is 13.9. The van der Waals surface area contributed by atoms with Crippen molar-refractivity contribution in [1.82, 2.24) is 29.8 Å². The van der Waals surface area contributed by atoms with Gasteiger partial charge in [0.15, 0.2) is 5.78 Å². The lowest BCUT2D eigenvalue weighted by atomic mass is 10.0. The number of hydrogen-bond acceptors (Lipinski definition) is 12. The molecule has 380 valence electrons. The van der Waals surface area contributed by atoms with Crippen molar-refractivity contribution in [2.45, 2.75) is 115 Å². The van der Waals surface area contributed by atoms with E-state index in [2.05, 4.69) is 56.1 Å². The van der Waals surface area contributed by atoms with Gasteiger partial charge in [0.2, 0.25) is 15.9 Å². The van der Waals surface area contributed by atoms with Crippen molar-refractivity contribution in [2.24, 2.45) is 0 Å². The van der Waals surface area contributed by atoms with Crippen LogP contribution in [0, 0.1) is 6.92 Å². The van der Waals surface area contributed by atoms with E-state index in [1.165, 1.54) is 5.56 Å². The fourth-order valence-electron chi connectivity index (χ4n) is 9.20. The minimum absolute atomic E-state index is 0.0284. The van der Waals surface area contributed by atoms with E-state index in [1.807, 2.05) is 43.3 Å². The predicted molar refractivity (Wildman–Crippen MR) is 277 cm³/mol. The first-order valence-electron chi connectivity index (χ1n) is 24.9. The highest BCUT2D eigenvalue weighted by Crippen LogP contribution is 2.38. The summed E-state index contributed by atoms with van der Waals surface area (Å²) in [4.78, 5) is 53.9. The smallest absolute Gasteiger partial charge is 0.255 e. The third-order valence-corrected chi connectivity index (χ3v) is 14.7. The average Bonchev–Trinajstić information content (AvgIpc) is 3.58. The number of carbonyl (C=O) groups is 3. The zero-order valence-electron chi connectivity index (χ0n) is 41.9. The largest absolute Gasteiger partial charge is 0.494 e. The molecule has 2 aliphatic heterocycles. The highest BCUT2D eigenvalue weighted by molar-refractivity contribution is 7.89. The molecule has 0 bridgehead atoms. The van der Waals surface area contributed by atoms with Gasteiger partial charge in [0.1, 0.15) is 29.7 Å². The molecular weight excluding hydrogens is 931 g/mol.